The summed E-state index contributed by atoms with van der Waals surface area (Å²) in [4.78, 5) is 4.28. The highest BCUT2D eigenvalue weighted by Crippen LogP contribution is 2.27. The van der Waals surface area contributed by atoms with Gasteiger partial charge in [0.15, 0.2) is 0 Å². The Hall–Kier alpha value is -1.41. The van der Waals surface area contributed by atoms with Crippen molar-refractivity contribution in [3.05, 3.63) is 47.0 Å². The largest absolute Gasteiger partial charge is 0.333 e. The van der Waals surface area contributed by atoms with Gasteiger partial charge in [0.05, 0.1) is 11.6 Å². The maximum Gasteiger partial charge on any atom is 0.245 e. The third-order valence-corrected chi connectivity index (χ3v) is 5.89. The Kier molecular flexibility index (Phi) is 3.75. The highest BCUT2D eigenvalue weighted by molar-refractivity contribution is 7.89. The molecule has 1 aromatic heterocycles. The van der Waals surface area contributed by atoms with Crippen LogP contribution in [-0.2, 0) is 29.7 Å². The van der Waals surface area contributed by atoms with Crippen molar-refractivity contribution < 1.29 is 8.42 Å². The van der Waals surface area contributed by atoms with E-state index >= 15 is 0 Å². The third kappa shape index (κ3) is 2.57. The number of fused-ring (bicyclic) bond motifs is 1. The first-order chi connectivity index (χ1) is 10.0. The number of halogens is 1. The lowest BCUT2D eigenvalue weighted by molar-refractivity contribution is 0.335. The van der Waals surface area contributed by atoms with Crippen molar-refractivity contribution >= 4 is 21.6 Å². The van der Waals surface area contributed by atoms with Crippen molar-refractivity contribution in [2.24, 2.45) is 5.73 Å². The zero-order valence-electron chi connectivity index (χ0n) is 11.2. The minimum atomic E-state index is -3.63. The molecule has 1 aromatic carbocycles. The lowest BCUT2D eigenvalue weighted by Gasteiger charge is -2.27. The fourth-order valence-corrected chi connectivity index (χ4v) is 4.30. The number of nitrogens with two attached hydrogens (primary N) is 1. The molecular weight excluding hydrogens is 312 g/mol. The molecule has 0 saturated heterocycles. The van der Waals surface area contributed by atoms with E-state index in [1.54, 1.807) is 18.3 Å². The zero-order valence-corrected chi connectivity index (χ0v) is 12.8. The highest BCUT2D eigenvalue weighted by atomic mass is 35.5. The van der Waals surface area contributed by atoms with Crippen LogP contribution in [0.25, 0.3) is 0 Å². The summed E-state index contributed by atoms with van der Waals surface area (Å²) in [6, 6.07) is 4.80. The van der Waals surface area contributed by atoms with E-state index < -0.39 is 10.0 Å². The molecule has 0 amide bonds. The average Bonchev–Trinajstić information content (AvgIpc) is 2.94. The molecule has 0 bridgehead atoms. The fraction of sp³-hybridized carbons (Fsp3) is 0.308. The van der Waals surface area contributed by atoms with Crippen molar-refractivity contribution in [1.82, 2.24) is 13.9 Å². The van der Waals surface area contributed by atoms with Crippen molar-refractivity contribution in [3.63, 3.8) is 0 Å². The Bertz CT molecular complexity index is 772. The fourth-order valence-electron chi connectivity index (χ4n) is 2.38. The molecule has 2 N–H and O–H groups in total. The summed E-state index contributed by atoms with van der Waals surface area (Å²) >= 11 is 6.11. The van der Waals surface area contributed by atoms with Gasteiger partial charge in [-0.1, -0.05) is 17.7 Å². The van der Waals surface area contributed by atoms with Gasteiger partial charge in [0, 0.05) is 32.0 Å². The monoisotopic (exact) mass is 326 g/mol. The van der Waals surface area contributed by atoms with Crippen LogP contribution in [0, 0.1) is 0 Å². The number of hydrogen-bond donors (Lipinski definition) is 1. The van der Waals surface area contributed by atoms with Crippen LogP contribution in [0.15, 0.2) is 35.5 Å². The van der Waals surface area contributed by atoms with Gasteiger partial charge in [0.2, 0.25) is 10.0 Å². The molecular formula is C13H15ClN4O2S. The summed E-state index contributed by atoms with van der Waals surface area (Å²) in [6.45, 7) is 1.57. The second-order valence-corrected chi connectivity index (χ2v) is 7.16. The Morgan fingerprint density at radius 1 is 1.33 bits per heavy atom. The smallest absolute Gasteiger partial charge is 0.245 e. The van der Waals surface area contributed by atoms with E-state index in [1.807, 2.05) is 10.8 Å². The summed E-state index contributed by atoms with van der Waals surface area (Å²) in [6.07, 6.45) is 3.52. The average molecular weight is 327 g/mol. The molecule has 6 nitrogen and oxygen atoms in total. The van der Waals surface area contributed by atoms with Gasteiger partial charge in [-0.05, 0) is 17.7 Å². The molecule has 3 rings (SSSR count). The number of imidazole rings is 1. The highest BCUT2D eigenvalue weighted by Gasteiger charge is 2.30. The van der Waals surface area contributed by atoms with Crippen LogP contribution in [0.3, 0.4) is 0 Å². The molecule has 112 valence electrons. The third-order valence-electron chi connectivity index (χ3n) is 3.56. The number of rotatable bonds is 3. The van der Waals surface area contributed by atoms with Gasteiger partial charge in [-0.25, -0.2) is 13.4 Å². The molecule has 2 heterocycles. The van der Waals surface area contributed by atoms with Crippen LogP contribution in [0.4, 0.5) is 0 Å². The van der Waals surface area contributed by atoms with Gasteiger partial charge in [0.1, 0.15) is 10.7 Å². The van der Waals surface area contributed by atoms with Gasteiger partial charge in [-0.2, -0.15) is 4.31 Å². The molecule has 2 aromatic rings. The second kappa shape index (κ2) is 5.42. The Labute approximate surface area is 128 Å². The van der Waals surface area contributed by atoms with Crippen LogP contribution in [-0.4, -0.2) is 28.8 Å². The van der Waals surface area contributed by atoms with E-state index in [9.17, 15) is 8.42 Å². The molecule has 8 heteroatoms. The quantitative estimate of drug-likeness (QED) is 0.919. The molecule has 21 heavy (non-hydrogen) atoms. The van der Waals surface area contributed by atoms with Gasteiger partial charge in [0.25, 0.3) is 0 Å². The Morgan fingerprint density at radius 3 is 2.86 bits per heavy atom. The maximum absolute atomic E-state index is 12.7. The van der Waals surface area contributed by atoms with E-state index in [0.29, 0.717) is 19.6 Å². The van der Waals surface area contributed by atoms with Crippen LogP contribution in [0.2, 0.25) is 5.02 Å². The molecule has 0 fully saturated rings. The van der Waals surface area contributed by atoms with Gasteiger partial charge in [-0.15, -0.1) is 0 Å². The molecule has 1 aliphatic heterocycles. The van der Waals surface area contributed by atoms with E-state index in [2.05, 4.69) is 4.98 Å². The molecule has 1 aliphatic rings. The normalized spacial score (nSPS) is 15.9. The maximum atomic E-state index is 12.7. The summed E-state index contributed by atoms with van der Waals surface area (Å²) in [5.74, 6) is 0.736. The minimum absolute atomic E-state index is 0.112. The Balaban J connectivity index is 1.95. The van der Waals surface area contributed by atoms with Crippen LogP contribution in [0.5, 0.6) is 0 Å². The number of nitrogens with zero attached hydrogens (tertiary/aromatic N) is 3. The van der Waals surface area contributed by atoms with E-state index in [1.165, 1.54) is 10.4 Å². The van der Waals surface area contributed by atoms with Crippen molar-refractivity contribution in [1.29, 1.82) is 0 Å². The molecule has 0 saturated carbocycles. The van der Waals surface area contributed by atoms with E-state index in [0.717, 1.165) is 11.4 Å². The zero-order chi connectivity index (χ0) is 15.0. The molecule has 0 radical (unpaired) electrons. The minimum Gasteiger partial charge on any atom is -0.333 e. The van der Waals surface area contributed by atoms with Gasteiger partial charge < -0.3 is 10.3 Å². The lowest BCUT2D eigenvalue weighted by atomic mass is 10.2. The first-order valence-corrected chi connectivity index (χ1v) is 8.33. The molecule has 0 unspecified atom stereocenters. The number of aromatic nitrogens is 2. The first kappa shape index (κ1) is 14.5. The van der Waals surface area contributed by atoms with Gasteiger partial charge >= 0.3 is 0 Å². The predicted molar refractivity (Wildman–Crippen MR) is 79.2 cm³/mol. The Morgan fingerprint density at radius 2 is 2.14 bits per heavy atom. The van der Waals surface area contributed by atoms with Crippen LogP contribution in [0.1, 0.15) is 11.4 Å². The molecule has 0 atom stereocenters. The van der Waals surface area contributed by atoms with E-state index in [4.69, 9.17) is 17.3 Å². The first-order valence-electron chi connectivity index (χ1n) is 6.51. The van der Waals surface area contributed by atoms with Crippen molar-refractivity contribution in [2.75, 3.05) is 6.54 Å². The summed E-state index contributed by atoms with van der Waals surface area (Å²) in [7, 11) is -3.63. The molecule has 0 spiro atoms. The number of sulfonamides is 1. The van der Waals surface area contributed by atoms with Crippen LogP contribution >= 0.6 is 11.6 Å². The summed E-state index contributed by atoms with van der Waals surface area (Å²) in [5, 5.41) is 0.201. The van der Waals surface area contributed by atoms with Gasteiger partial charge in [-0.3, -0.25) is 0 Å². The van der Waals surface area contributed by atoms with Crippen molar-refractivity contribution in [2.45, 2.75) is 24.5 Å². The SMILES string of the molecule is NCc1ccc(S(=O)(=O)N2CCn3ccnc3C2)c(Cl)c1. The molecule has 0 aliphatic carbocycles. The van der Waals surface area contributed by atoms with Crippen LogP contribution < -0.4 is 5.73 Å². The summed E-state index contributed by atoms with van der Waals surface area (Å²) < 4.78 is 28.8. The van der Waals surface area contributed by atoms with E-state index in [-0.39, 0.29) is 16.5 Å². The topological polar surface area (TPSA) is 81.2 Å². The standard InChI is InChI=1S/C13H15ClN4O2S/c14-11-7-10(8-15)1-2-12(11)21(19,20)18-6-5-17-4-3-16-13(17)9-18/h1-4,7H,5-6,8-9,15H2. The number of hydrogen-bond acceptors (Lipinski definition) is 4. The second-order valence-electron chi connectivity index (χ2n) is 4.84. The van der Waals surface area contributed by atoms with Crippen molar-refractivity contribution in [3.8, 4) is 0 Å². The number of benzene rings is 1. The lowest BCUT2D eigenvalue weighted by Crippen LogP contribution is -2.38. The summed E-state index contributed by atoms with van der Waals surface area (Å²) in [5.41, 5.74) is 6.33. The predicted octanol–water partition coefficient (Wildman–Crippen LogP) is 1.20.